The Kier molecular flexibility index (Phi) is 6.74. The molecule has 7 heteroatoms. The zero-order valence-electron chi connectivity index (χ0n) is 11.8. The Morgan fingerprint density at radius 1 is 1.68 bits per heavy atom. The Morgan fingerprint density at radius 3 is 2.95 bits per heavy atom. The van der Waals surface area contributed by atoms with Crippen LogP contribution in [0.25, 0.3) is 0 Å². The van der Waals surface area contributed by atoms with Crippen molar-refractivity contribution in [1.29, 1.82) is 0 Å². The third kappa shape index (κ3) is 5.08. The second-order valence-electron chi connectivity index (χ2n) is 4.59. The fraction of sp³-hybridized carbons (Fsp3) is 0.750. The summed E-state index contributed by atoms with van der Waals surface area (Å²) < 4.78 is 5.84. The van der Waals surface area contributed by atoms with Crippen LogP contribution in [-0.2, 0) is 9.53 Å². The first-order valence-electron chi connectivity index (χ1n) is 6.28. The van der Waals surface area contributed by atoms with Crippen molar-refractivity contribution in [3.8, 4) is 0 Å². The number of ether oxygens (including phenoxy) is 1. The average molecular weight is 303 g/mol. The van der Waals surface area contributed by atoms with E-state index in [-0.39, 0.29) is 11.2 Å². The van der Waals surface area contributed by atoms with Crippen molar-refractivity contribution in [2.75, 3.05) is 13.7 Å². The molecule has 0 saturated heterocycles. The summed E-state index contributed by atoms with van der Waals surface area (Å²) in [6.07, 6.45) is 1.66. The highest BCUT2D eigenvalue weighted by atomic mass is 32.2. The normalized spacial score (nSPS) is 15.8. The number of methoxy groups -OCH3 is 1. The van der Waals surface area contributed by atoms with Crippen LogP contribution in [0.4, 0.5) is 0 Å². The summed E-state index contributed by atoms with van der Waals surface area (Å²) in [5, 5.41) is 11.4. The lowest BCUT2D eigenvalue weighted by molar-refractivity contribution is -0.148. The van der Waals surface area contributed by atoms with Gasteiger partial charge in [-0.1, -0.05) is 36.9 Å². The molecule has 1 heterocycles. The van der Waals surface area contributed by atoms with E-state index in [0.717, 1.165) is 17.3 Å². The van der Waals surface area contributed by atoms with E-state index >= 15 is 0 Å². The Labute approximate surface area is 122 Å². The monoisotopic (exact) mass is 303 g/mol. The number of carbonyl (C=O) groups is 1. The van der Waals surface area contributed by atoms with Crippen LogP contribution in [0.5, 0.6) is 0 Å². The van der Waals surface area contributed by atoms with Crippen molar-refractivity contribution in [3.05, 3.63) is 5.51 Å². The van der Waals surface area contributed by atoms with Gasteiger partial charge in [0.2, 0.25) is 0 Å². The molecule has 108 valence electrons. The van der Waals surface area contributed by atoms with Gasteiger partial charge in [-0.05, 0) is 26.3 Å². The molecule has 1 N–H and O–H groups in total. The van der Waals surface area contributed by atoms with Crippen LogP contribution in [0.3, 0.4) is 0 Å². The lowest BCUT2D eigenvalue weighted by atomic mass is 9.96. The average Bonchev–Trinajstić information content (AvgIpc) is 2.87. The highest BCUT2D eigenvalue weighted by molar-refractivity contribution is 8.01. The van der Waals surface area contributed by atoms with E-state index in [2.05, 4.69) is 29.4 Å². The van der Waals surface area contributed by atoms with Gasteiger partial charge in [0.05, 0.1) is 7.11 Å². The van der Waals surface area contributed by atoms with Crippen molar-refractivity contribution in [1.82, 2.24) is 15.5 Å². The van der Waals surface area contributed by atoms with Crippen molar-refractivity contribution in [3.63, 3.8) is 0 Å². The molecule has 2 unspecified atom stereocenters. The number of rotatable bonds is 8. The summed E-state index contributed by atoms with van der Waals surface area (Å²) in [5.74, 6) is -0.217. The zero-order valence-corrected chi connectivity index (χ0v) is 13.4. The van der Waals surface area contributed by atoms with Crippen molar-refractivity contribution in [2.45, 2.75) is 48.7 Å². The van der Waals surface area contributed by atoms with Gasteiger partial charge < -0.3 is 10.1 Å². The molecule has 0 saturated carbocycles. The number of nitrogens with one attached hydrogen (secondary N) is 1. The van der Waals surface area contributed by atoms with Crippen molar-refractivity contribution < 1.29 is 9.53 Å². The molecule has 19 heavy (non-hydrogen) atoms. The van der Waals surface area contributed by atoms with Gasteiger partial charge in [-0.25, -0.2) is 0 Å². The lowest BCUT2D eigenvalue weighted by Crippen LogP contribution is -2.51. The van der Waals surface area contributed by atoms with E-state index < -0.39 is 5.54 Å². The maximum Gasteiger partial charge on any atom is 0.325 e. The molecule has 1 aromatic rings. The molecule has 0 aliphatic heterocycles. The molecular formula is C12H21N3O2S2. The van der Waals surface area contributed by atoms with Gasteiger partial charge in [-0.3, -0.25) is 4.79 Å². The number of aromatic nitrogens is 2. The predicted octanol–water partition coefficient (Wildman–Crippen LogP) is 2.34. The molecule has 5 nitrogen and oxygen atoms in total. The SMILES string of the molecule is CCCNC(C)(CC(C)Sc1nncs1)C(=O)OC. The fourth-order valence-corrected chi connectivity index (χ4v) is 3.83. The standard InChI is InChI=1S/C12H21N3O2S2/c1-5-6-13-12(3,10(16)17-4)7-9(2)19-11-15-14-8-18-11/h8-9,13H,5-7H2,1-4H3. The summed E-state index contributed by atoms with van der Waals surface area (Å²) in [4.78, 5) is 12.0. The molecule has 0 aliphatic carbocycles. The molecule has 0 spiro atoms. The molecule has 1 aromatic heterocycles. The third-order valence-electron chi connectivity index (χ3n) is 2.74. The van der Waals surface area contributed by atoms with Crippen LogP contribution in [0, 0.1) is 0 Å². The van der Waals surface area contributed by atoms with Crippen LogP contribution in [0.1, 0.15) is 33.6 Å². The molecule has 0 aliphatic rings. The highest BCUT2D eigenvalue weighted by Crippen LogP contribution is 2.29. The second kappa shape index (κ2) is 7.81. The van der Waals surface area contributed by atoms with Gasteiger partial charge in [-0.2, -0.15) is 0 Å². The Hall–Kier alpha value is -0.660. The number of esters is 1. The molecule has 0 amide bonds. The molecule has 0 bridgehead atoms. The fourth-order valence-electron chi connectivity index (χ4n) is 1.86. The first kappa shape index (κ1) is 16.4. The highest BCUT2D eigenvalue weighted by Gasteiger charge is 2.35. The predicted molar refractivity (Wildman–Crippen MR) is 78.6 cm³/mol. The topological polar surface area (TPSA) is 64.1 Å². The Morgan fingerprint density at radius 2 is 2.42 bits per heavy atom. The summed E-state index contributed by atoms with van der Waals surface area (Å²) in [5.41, 5.74) is 1.06. The van der Waals surface area contributed by atoms with Gasteiger partial charge in [0.1, 0.15) is 11.0 Å². The van der Waals surface area contributed by atoms with Crippen LogP contribution < -0.4 is 5.32 Å². The van der Waals surface area contributed by atoms with Gasteiger partial charge in [0.15, 0.2) is 4.34 Å². The smallest absolute Gasteiger partial charge is 0.325 e. The summed E-state index contributed by atoms with van der Waals surface area (Å²) >= 11 is 3.15. The van der Waals surface area contributed by atoms with Gasteiger partial charge >= 0.3 is 5.97 Å². The van der Waals surface area contributed by atoms with Crippen LogP contribution in [-0.4, -0.2) is 40.6 Å². The summed E-state index contributed by atoms with van der Waals surface area (Å²) in [6, 6.07) is 0. The minimum absolute atomic E-state index is 0.217. The van der Waals surface area contributed by atoms with Crippen molar-refractivity contribution >= 4 is 29.1 Å². The number of nitrogens with zero attached hydrogens (tertiary/aromatic N) is 2. The van der Waals surface area contributed by atoms with E-state index in [1.165, 1.54) is 18.4 Å². The van der Waals surface area contributed by atoms with Crippen LogP contribution >= 0.6 is 23.1 Å². The molecule has 2 atom stereocenters. The number of thioether (sulfide) groups is 1. The molecule has 0 aromatic carbocycles. The molecule has 0 fully saturated rings. The maximum absolute atomic E-state index is 12.0. The van der Waals surface area contributed by atoms with Gasteiger partial charge in [0.25, 0.3) is 0 Å². The minimum atomic E-state index is -0.651. The second-order valence-corrected chi connectivity index (χ2v) is 7.11. The minimum Gasteiger partial charge on any atom is -0.468 e. The summed E-state index contributed by atoms with van der Waals surface area (Å²) in [7, 11) is 1.43. The maximum atomic E-state index is 12.0. The Bertz CT molecular complexity index is 386. The number of hydrogen-bond acceptors (Lipinski definition) is 7. The lowest BCUT2D eigenvalue weighted by Gasteiger charge is -2.30. The summed E-state index contributed by atoms with van der Waals surface area (Å²) in [6.45, 7) is 6.85. The first-order valence-corrected chi connectivity index (χ1v) is 8.04. The first-order chi connectivity index (χ1) is 9.01. The third-order valence-corrected chi connectivity index (χ3v) is 4.65. The number of carbonyl (C=O) groups excluding carboxylic acids is 1. The van der Waals surface area contributed by atoms with Crippen LogP contribution in [0.2, 0.25) is 0 Å². The Balaban J connectivity index is 2.62. The zero-order chi connectivity index (χ0) is 14.3. The van der Waals surface area contributed by atoms with E-state index in [4.69, 9.17) is 4.74 Å². The molecule has 1 rings (SSSR count). The largest absolute Gasteiger partial charge is 0.468 e. The van der Waals surface area contributed by atoms with E-state index in [1.807, 2.05) is 6.92 Å². The van der Waals surface area contributed by atoms with E-state index in [0.29, 0.717) is 6.42 Å². The van der Waals surface area contributed by atoms with Crippen molar-refractivity contribution in [2.24, 2.45) is 0 Å². The van der Waals surface area contributed by atoms with E-state index in [9.17, 15) is 4.79 Å². The van der Waals surface area contributed by atoms with Gasteiger partial charge in [0, 0.05) is 5.25 Å². The van der Waals surface area contributed by atoms with Crippen LogP contribution in [0.15, 0.2) is 9.85 Å². The quantitative estimate of drug-likeness (QED) is 0.587. The molecule has 0 radical (unpaired) electrons. The van der Waals surface area contributed by atoms with E-state index in [1.54, 1.807) is 17.3 Å². The van der Waals surface area contributed by atoms with Gasteiger partial charge in [-0.15, -0.1) is 10.2 Å². The molecular weight excluding hydrogens is 282 g/mol. The number of hydrogen-bond donors (Lipinski definition) is 1.